The van der Waals surface area contributed by atoms with E-state index in [1.165, 1.54) is 5.56 Å². The van der Waals surface area contributed by atoms with E-state index in [0.29, 0.717) is 37.4 Å². The summed E-state index contributed by atoms with van der Waals surface area (Å²) in [4.78, 5) is 30.3. The lowest BCUT2D eigenvalue weighted by Gasteiger charge is -2.33. The zero-order chi connectivity index (χ0) is 25.3. The predicted octanol–water partition coefficient (Wildman–Crippen LogP) is 4.79. The lowest BCUT2D eigenvalue weighted by molar-refractivity contribution is -0.132. The maximum absolute atomic E-state index is 13.6. The molecule has 1 atom stereocenters. The molecule has 0 radical (unpaired) electrons. The van der Waals surface area contributed by atoms with Gasteiger partial charge in [-0.05, 0) is 56.0 Å². The van der Waals surface area contributed by atoms with Crippen molar-refractivity contribution in [3.8, 4) is 5.75 Å². The van der Waals surface area contributed by atoms with E-state index in [-0.39, 0.29) is 24.4 Å². The number of nitrogens with one attached hydrogen (secondary N) is 1. The molecule has 0 unspecified atom stereocenters. The fourth-order valence-electron chi connectivity index (χ4n) is 4.50. The van der Waals surface area contributed by atoms with Crippen molar-refractivity contribution in [1.82, 2.24) is 9.80 Å². The molecule has 6 nitrogen and oxygen atoms in total. The smallest absolute Gasteiger partial charge is 0.257 e. The molecule has 1 N–H and O–H groups in total. The van der Waals surface area contributed by atoms with E-state index >= 15 is 0 Å². The minimum absolute atomic E-state index is 0.0369. The number of nitrogens with zero attached hydrogens (tertiary/aromatic N) is 2. The van der Waals surface area contributed by atoms with Gasteiger partial charge in [-0.2, -0.15) is 0 Å². The molecule has 6 heteroatoms. The maximum Gasteiger partial charge on any atom is 0.257 e. The van der Waals surface area contributed by atoms with Crippen LogP contribution in [0.3, 0.4) is 0 Å². The predicted molar refractivity (Wildman–Crippen MR) is 143 cm³/mol. The van der Waals surface area contributed by atoms with Gasteiger partial charge in [0.2, 0.25) is 5.91 Å². The summed E-state index contributed by atoms with van der Waals surface area (Å²) in [5, 5.41) is 3.28. The highest BCUT2D eigenvalue weighted by atomic mass is 16.5. The van der Waals surface area contributed by atoms with Gasteiger partial charge in [0.1, 0.15) is 12.4 Å². The first kappa shape index (κ1) is 25.3. The molecule has 1 aliphatic heterocycles. The fraction of sp³-hybridized carbons (Fsp3) is 0.333. The SMILES string of the molecule is Cc1ccc(NCC(=O)N2CCCCN(C)C(=O)c3ccccc3OC[C@H]2Cc2ccccc2)cc1. The highest BCUT2D eigenvalue weighted by Gasteiger charge is 2.26. The Labute approximate surface area is 213 Å². The standard InChI is InChI=1S/C30H35N3O3/c1-23-14-16-25(17-15-23)31-21-29(34)33-19-9-8-18-32(2)30(35)27-12-6-7-13-28(27)36-22-26(33)20-24-10-4-3-5-11-24/h3-7,10-17,26,31H,8-9,18-22H2,1-2H3/t26-/m1/s1. The molecule has 0 bridgehead atoms. The Morgan fingerprint density at radius 3 is 2.42 bits per heavy atom. The number of para-hydroxylation sites is 1. The quantitative estimate of drug-likeness (QED) is 0.564. The number of fused-ring (bicyclic) bond motifs is 1. The monoisotopic (exact) mass is 485 g/mol. The summed E-state index contributed by atoms with van der Waals surface area (Å²) in [5.74, 6) is 0.550. The van der Waals surface area contributed by atoms with Gasteiger partial charge in [-0.25, -0.2) is 0 Å². The van der Waals surface area contributed by atoms with E-state index in [1.807, 2.05) is 79.5 Å². The molecule has 3 aromatic carbocycles. The van der Waals surface area contributed by atoms with Crippen molar-refractivity contribution in [2.24, 2.45) is 0 Å². The number of benzene rings is 3. The number of ether oxygens (including phenoxy) is 1. The minimum atomic E-state index is -0.167. The Kier molecular flexibility index (Phi) is 8.61. The molecule has 0 aliphatic carbocycles. The molecule has 36 heavy (non-hydrogen) atoms. The van der Waals surface area contributed by atoms with Crippen molar-refractivity contribution < 1.29 is 14.3 Å². The van der Waals surface area contributed by atoms with Gasteiger partial charge in [0.25, 0.3) is 5.91 Å². The summed E-state index contributed by atoms with van der Waals surface area (Å²) in [6, 6.07) is 25.4. The van der Waals surface area contributed by atoms with Crippen LogP contribution < -0.4 is 10.1 Å². The van der Waals surface area contributed by atoms with Crippen LogP contribution in [-0.4, -0.2) is 60.9 Å². The van der Waals surface area contributed by atoms with Crippen LogP contribution in [0.4, 0.5) is 5.69 Å². The molecular weight excluding hydrogens is 450 g/mol. The van der Waals surface area contributed by atoms with E-state index < -0.39 is 0 Å². The number of aryl methyl sites for hydroxylation is 1. The van der Waals surface area contributed by atoms with Crippen LogP contribution in [0.2, 0.25) is 0 Å². The summed E-state index contributed by atoms with van der Waals surface area (Å²) in [6.45, 7) is 3.80. The lowest BCUT2D eigenvalue weighted by Crippen LogP contribution is -2.48. The van der Waals surface area contributed by atoms with Crippen LogP contribution in [-0.2, 0) is 11.2 Å². The van der Waals surface area contributed by atoms with Gasteiger partial charge in [0, 0.05) is 25.8 Å². The van der Waals surface area contributed by atoms with Crippen LogP contribution in [0, 0.1) is 6.92 Å². The second-order valence-corrected chi connectivity index (χ2v) is 9.39. The topological polar surface area (TPSA) is 61.9 Å². The van der Waals surface area contributed by atoms with E-state index in [0.717, 1.165) is 24.1 Å². The Hall–Kier alpha value is -3.80. The van der Waals surface area contributed by atoms with Crippen LogP contribution in [0.15, 0.2) is 78.9 Å². The summed E-state index contributed by atoms with van der Waals surface area (Å²) < 4.78 is 6.26. The largest absolute Gasteiger partial charge is 0.491 e. The first-order valence-electron chi connectivity index (χ1n) is 12.6. The van der Waals surface area contributed by atoms with Crippen LogP contribution in [0.1, 0.15) is 34.3 Å². The molecule has 0 spiro atoms. The molecule has 4 rings (SSSR count). The maximum atomic E-state index is 13.6. The molecular formula is C30H35N3O3. The fourth-order valence-corrected chi connectivity index (χ4v) is 4.50. The van der Waals surface area contributed by atoms with Gasteiger partial charge < -0.3 is 19.9 Å². The first-order valence-corrected chi connectivity index (χ1v) is 12.6. The van der Waals surface area contributed by atoms with E-state index in [9.17, 15) is 9.59 Å². The molecule has 1 heterocycles. The number of hydrogen-bond donors (Lipinski definition) is 1. The van der Waals surface area contributed by atoms with Crippen molar-refractivity contribution >= 4 is 17.5 Å². The van der Waals surface area contributed by atoms with Crippen LogP contribution in [0.25, 0.3) is 0 Å². The summed E-state index contributed by atoms with van der Waals surface area (Å²) in [6.07, 6.45) is 2.30. The highest BCUT2D eigenvalue weighted by Crippen LogP contribution is 2.22. The second-order valence-electron chi connectivity index (χ2n) is 9.39. The zero-order valence-electron chi connectivity index (χ0n) is 21.2. The van der Waals surface area contributed by atoms with Gasteiger partial charge in [-0.1, -0.05) is 60.2 Å². The van der Waals surface area contributed by atoms with Crippen molar-refractivity contribution in [2.45, 2.75) is 32.2 Å². The Balaban J connectivity index is 1.58. The second kappa shape index (κ2) is 12.2. The number of hydrogen-bond acceptors (Lipinski definition) is 4. The number of carbonyl (C=O) groups excluding carboxylic acids is 2. The van der Waals surface area contributed by atoms with E-state index in [2.05, 4.69) is 17.4 Å². The van der Waals surface area contributed by atoms with Gasteiger partial charge in [0.15, 0.2) is 0 Å². The third-order valence-electron chi connectivity index (χ3n) is 6.61. The average molecular weight is 486 g/mol. The average Bonchev–Trinajstić information content (AvgIpc) is 2.90. The number of rotatable bonds is 5. The van der Waals surface area contributed by atoms with Crippen LogP contribution >= 0.6 is 0 Å². The molecule has 0 aromatic heterocycles. The molecule has 1 aliphatic rings. The molecule has 0 saturated heterocycles. The lowest BCUT2D eigenvalue weighted by atomic mass is 10.0. The third kappa shape index (κ3) is 6.66. The van der Waals surface area contributed by atoms with Crippen molar-refractivity contribution in [3.05, 3.63) is 95.6 Å². The Bertz CT molecular complexity index is 1150. The first-order chi connectivity index (χ1) is 17.5. The molecule has 2 amide bonds. The van der Waals surface area contributed by atoms with Crippen molar-refractivity contribution in [3.63, 3.8) is 0 Å². The summed E-state index contributed by atoms with van der Waals surface area (Å²) in [5.41, 5.74) is 3.80. The van der Waals surface area contributed by atoms with Gasteiger partial charge in [0.05, 0.1) is 18.2 Å². The third-order valence-corrected chi connectivity index (χ3v) is 6.61. The normalized spacial score (nSPS) is 16.8. The molecule has 188 valence electrons. The van der Waals surface area contributed by atoms with Gasteiger partial charge in [-0.3, -0.25) is 9.59 Å². The summed E-state index contributed by atoms with van der Waals surface area (Å²) >= 11 is 0. The van der Waals surface area contributed by atoms with Crippen molar-refractivity contribution in [1.29, 1.82) is 0 Å². The van der Waals surface area contributed by atoms with Crippen LogP contribution in [0.5, 0.6) is 5.75 Å². The number of amides is 2. The molecule has 0 saturated carbocycles. The molecule has 3 aromatic rings. The molecule has 0 fully saturated rings. The van der Waals surface area contributed by atoms with Gasteiger partial charge >= 0.3 is 0 Å². The summed E-state index contributed by atoms with van der Waals surface area (Å²) in [7, 11) is 1.82. The Morgan fingerprint density at radius 2 is 1.64 bits per heavy atom. The van der Waals surface area contributed by atoms with Crippen molar-refractivity contribution in [2.75, 3.05) is 38.6 Å². The number of anilines is 1. The Morgan fingerprint density at radius 1 is 0.944 bits per heavy atom. The minimum Gasteiger partial charge on any atom is -0.491 e. The van der Waals surface area contributed by atoms with E-state index in [4.69, 9.17) is 4.74 Å². The van der Waals surface area contributed by atoms with Gasteiger partial charge in [-0.15, -0.1) is 0 Å². The van der Waals surface area contributed by atoms with E-state index in [1.54, 1.807) is 11.0 Å². The zero-order valence-corrected chi connectivity index (χ0v) is 21.2. The highest BCUT2D eigenvalue weighted by molar-refractivity contribution is 5.96. The number of carbonyl (C=O) groups is 2.